The molecule has 0 aliphatic heterocycles. The van der Waals surface area contributed by atoms with E-state index in [0.717, 1.165) is 13.6 Å². The molecule has 1 rings (SSSR count). The minimum atomic E-state index is -0.392. The molecular weight excluding hydrogens is 504 g/mol. The number of ether oxygens (including phenoxy) is 1. The second-order valence-corrected chi connectivity index (χ2v) is 11.4. The van der Waals surface area contributed by atoms with Crippen LogP contribution in [-0.2, 0) is 11.3 Å². The fourth-order valence-electron chi connectivity index (χ4n) is 1.60. The number of halogens is 2. The van der Waals surface area contributed by atoms with Gasteiger partial charge in [0.25, 0.3) is 0 Å². The summed E-state index contributed by atoms with van der Waals surface area (Å²) in [7, 11) is 0. The van der Waals surface area contributed by atoms with Crippen LogP contribution in [0.1, 0.15) is 26.3 Å². The van der Waals surface area contributed by atoms with Crippen molar-refractivity contribution >= 4 is 28.7 Å². The SMILES string of the molecule is C=C=C([I-]C(C)(C)C)[C@H](CI)NC(=O)OCc1ccccc1. The van der Waals surface area contributed by atoms with Gasteiger partial charge in [0.05, 0.1) is 0 Å². The zero-order chi connectivity index (χ0) is 16.6. The van der Waals surface area contributed by atoms with E-state index in [9.17, 15) is 4.79 Å². The van der Waals surface area contributed by atoms with E-state index in [1.807, 2.05) is 30.3 Å². The zero-order valence-electron chi connectivity index (χ0n) is 13.2. The standard InChI is InChI=1S/C17H22I2NO2/c1-5-14(19-17(2,3)4)15(11-18)20-16(21)22-12-13-9-7-6-8-10-13/h6-10,15H,1,11-12H2,2-4H3,(H,20,21)/q-1/t15-/m0/s1. The van der Waals surface area contributed by atoms with E-state index in [0.29, 0.717) is 0 Å². The quantitative estimate of drug-likeness (QED) is 0.345. The molecule has 0 spiro atoms. The molecule has 0 unspecified atom stereocenters. The summed E-state index contributed by atoms with van der Waals surface area (Å²) in [6.45, 7) is 10.7. The van der Waals surface area contributed by atoms with Gasteiger partial charge in [0.15, 0.2) is 0 Å². The molecule has 1 aromatic carbocycles. The summed E-state index contributed by atoms with van der Waals surface area (Å²) in [5, 5.41) is 2.93. The minimum absolute atomic E-state index is 0.0478. The van der Waals surface area contributed by atoms with E-state index in [4.69, 9.17) is 4.74 Å². The number of rotatable bonds is 6. The Morgan fingerprint density at radius 1 is 1.41 bits per heavy atom. The first-order chi connectivity index (χ1) is 10.4. The first-order valence-electron chi connectivity index (χ1n) is 6.95. The van der Waals surface area contributed by atoms with Crippen molar-refractivity contribution in [3.63, 3.8) is 0 Å². The van der Waals surface area contributed by atoms with Crippen LogP contribution in [0.25, 0.3) is 0 Å². The van der Waals surface area contributed by atoms with E-state index in [-0.39, 0.29) is 37.3 Å². The van der Waals surface area contributed by atoms with Crippen LogP contribution >= 0.6 is 22.6 Å². The van der Waals surface area contributed by atoms with Gasteiger partial charge >= 0.3 is 158 Å². The van der Waals surface area contributed by atoms with Gasteiger partial charge in [-0.05, 0) is 0 Å². The third-order valence-electron chi connectivity index (χ3n) is 2.52. The van der Waals surface area contributed by atoms with Crippen molar-refractivity contribution in [2.45, 2.75) is 36.8 Å². The maximum absolute atomic E-state index is 12.0. The van der Waals surface area contributed by atoms with Gasteiger partial charge in [-0.1, -0.05) is 0 Å². The topological polar surface area (TPSA) is 38.3 Å². The van der Waals surface area contributed by atoms with Crippen LogP contribution in [0.3, 0.4) is 0 Å². The molecular formula is C17H22I2NO2-. The van der Waals surface area contributed by atoms with Gasteiger partial charge in [0, 0.05) is 0 Å². The van der Waals surface area contributed by atoms with Crippen LogP contribution in [0, 0.1) is 0 Å². The predicted octanol–water partition coefficient (Wildman–Crippen LogP) is 1.27. The zero-order valence-corrected chi connectivity index (χ0v) is 17.5. The summed E-state index contributed by atoms with van der Waals surface area (Å²) in [5.74, 6) is 0. The first-order valence-corrected chi connectivity index (χ1v) is 10.6. The number of hydrogen-bond donors (Lipinski definition) is 1. The van der Waals surface area contributed by atoms with Crippen molar-refractivity contribution in [3.8, 4) is 0 Å². The monoisotopic (exact) mass is 526 g/mol. The Bertz CT molecular complexity index is 531. The maximum atomic E-state index is 12.0. The van der Waals surface area contributed by atoms with Crippen molar-refractivity contribution in [1.29, 1.82) is 0 Å². The molecule has 0 saturated carbocycles. The number of nitrogens with one attached hydrogen (secondary N) is 1. The number of carbonyl (C=O) groups is 1. The summed E-state index contributed by atoms with van der Waals surface area (Å²) in [4.78, 5) is 12.0. The van der Waals surface area contributed by atoms with Crippen LogP contribution in [-0.4, -0.2) is 20.0 Å². The van der Waals surface area contributed by atoms with Gasteiger partial charge < -0.3 is 0 Å². The Balaban J connectivity index is 2.57. The molecule has 1 N–H and O–H groups in total. The predicted molar refractivity (Wildman–Crippen MR) is 94.8 cm³/mol. The Hall–Kier alpha value is -0.530. The second kappa shape index (κ2) is 9.57. The van der Waals surface area contributed by atoms with Crippen molar-refractivity contribution in [3.05, 3.63) is 51.8 Å². The van der Waals surface area contributed by atoms with E-state index >= 15 is 0 Å². The van der Waals surface area contributed by atoms with Gasteiger partial charge in [0.2, 0.25) is 0 Å². The molecule has 1 atom stereocenters. The van der Waals surface area contributed by atoms with Crippen molar-refractivity contribution < 1.29 is 30.7 Å². The molecule has 1 aromatic rings. The third kappa shape index (κ3) is 7.65. The molecule has 22 heavy (non-hydrogen) atoms. The summed E-state index contributed by atoms with van der Waals surface area (Å²) in [5.41, 5.74) is 4.01. The normalized spacial score (nSPS) is 12.4. The molecule has 0 radical (unpaired) electrons. The summed E-state index contributed by atoms with van der Waals surface area (Å²) < 4.78 is 7.42. The summed E-state index contributed by atoms with van der Waals surface area (Å²) >= 11 is 2.02. The van der Waals surface area contributed by atoms with Crippen molar-refractivity contribution in [2.24, 2.45) is 0 Å². The van der Waals surface area contributed by atoms with Crippen molar-refractivity contribution in [1.82, 2.24) is 5.32 Å². The first kappa shape index (κ1) is 19.5. The third-order valence-corrected chi connectivity index (χ3v) is 6.73. The molecule has 122 valence electrons. The van der Waals surface area contributed by atoms with Crippen LogP contribution in [0.15, 0.2) is 46.2 Å². The number of hydrogen-bond acceptors (Lipinski definition) is 2. The number of alkyl carbamates (subject to hydrolysis) is 1. The van der Waals surface area contributed by atoms with Crippen LogP contribution in [0.4, 0.5) is 4.79 Å². The van der Waals surface area contributed by atoms with Crippen LogP contribution in [0.2, 0.25) is 0 Å². The molecule has 0 heterocycles. The van der Waals surface area contributed by atoms with Gasteiger partial charge in [-0.15, -0.1) is 0 Å². The molecule has 5 heteroatoms. The average molecular weight is 526 g/mol. The molecule has 3 nitrogen and oxygen atoms in total. The van der Waals surface area contributed by atoms with E-state index in [1.165, 1.54) is 0 Å². The van der Waals surface area contributed by atoms with Crippen molar-refractivity contribution in [2.75, 3.05) is 4.43 Å². The van der Waals surface area contributed by atoms with Gasteiger partial charge in [-0.2, -0.15) is 0 Å². The molecule has 0 bridgehead atoms. The second-order valence-electron chi connectivity index (χ2n) is 5.60. The number of benzene rings is 1. The molecule has 1 amide bonds. The number of amides is 1. The van der Waals surface area contributed by atoms with Gasteiger partial charge in [0.1, 0.15) is 0 Å². The van der Waals surface area contributed by atoms with Gasteiger partial charge in [-0.25, -0.2) is 0 Å². The molecule has 0 aliphatic carbocycles. The van der Waals surface area contributed by atoms with E-state index in [2.05, 4.69) is 61.0 Å². The Morgan fingerprint density at radius 3 is 2.55 bits per heavy atom. The fourth-order valence-corrected chi connectivity index (χ4v) is 5.79. The molecule has 0 aliphatic rings. The molecule has 0 saturated heterocycles. The van der Waals surface area contributed by atoms with E-state index < -0.39 is 6.09 Å². The van der Waals surface area contributed by atoms with Crippen LogP contribution in [0.5, 0.6) is 0 Å². The summed E-state index contributed by atoms with van der Waals surface area (Å²) in [6, 6.07) is 9.61. The molecule has 0 fully saturated rings. The molecule has 0 aromatic heterocycles. The van der Waals surface area contributed by atoms with Crippen LogP contribution < -0.4 is 26.5 Å². The summed E-state index contributed by atoms with van der Waals surface area (Å²) in [6.07, 6.45) is -0.392. The Kier molecular flexibility index (Phi) is 8.49. The van der Waals surface area contributed by atoms with E-state index in [1.54, 1.807) is 0 Å². The van der Waals surface area contributed by atoms with Gasteiger partial charge in [-0.3, -0.25) is 0 Å². The number of carbonyl (C=O) groups excluding carboxylic acids is 1. The Labute approximate surface area is 157 Å². The average Bonchev–Trinajstić information content (AvgIpc) is 2.48. The number of alkyl halides is 2. The Morgan fingerprint density at radius 2 is 2.05 bits per heavy atom. The fraction of sp³-hybridized carbons (Fsp3) is 0.412.